The van der Waals surface area contributed by atoms with Crippen LogP contribution in [-0.4, -0.2) is 21.0 Å². The van der Waals surface area contributed by atoms with Gasteiger partial charge in [0, 0.05) is 22.6 Å². The molecular weight excluding hydrogens is 436 g/mol. The summed E-state index contributed by atoms with van der Waals surface area (Å²) >= 11 is 5.83. The van der Waals surface area contributed by atoms with Crippen molar-refractivity contribution >= 4 is 23.2 Å². The van der Waals surface area contributed by atoms with Crippen molar-refractivity contribution < 1.29 is 19.0 Å². The average Bonchev–Trinajstić information content (AvgIpc) is 3.50. The molecule has 1 unspecified atom stereocenters. The molecule has 3 aromatic rings. The summed E-state index contributed by atoms with van der Waals surface area (Å²) in [5.41, 5.74) is 0.153. The Morgan fingerprint density at radius 2 is 1.97 bits per heavy atom. The van der Waals surface area contributed by atoms with E-state index in [1.54, 1.807) is 24.3 Å². The van der Waals surface area contributed by atoms with Crippen LogP contribution in [0.3, 0.4) is 0 Å². The van der Waals surface area contributed by atoms with Crippen LogP contribution in [0.1, 0.15) is 60.7 Å². The summed E-state index contributed by atoms with van der Waals surface area (Å²) < 4.78 is 11.0. The second kappa shape index (κ2) is 8.96. The molecule has 32 heavy (non-hydrogen) atoms. The van der Waals surface area contributed by atoms with Gasteiger partial charge in [0.2, 0.25) is 11.6 Å². The van der Waals surface area contributed by atoms with Crippen LogP contribution in [0.2, 0.25) is 5.02 Å². The van der Waals surface area contributed by atoms with Crippen molar-refractivity contribution in [2.24, 2.45) is 5.92 Å². The van der Waals surface area contributed by atoms with Gasteiger partial charge in [0.15, 0.2) is 5.82 Å². The predicted octanol–water partition coefficient (Wildman–Crippen LogP) is 5.43. The lowest BCUT2D eigenvalue weighted by atomic mass is 10.0. The average molecular weight is 457 g/mol. The monoisotopic (exact) mass is 456 g/mol. The molecule has 1 aliphatic carbocycles. The number of aromatic nitrogens is 2. The van der Waals surface area contributed by atoms with E-state index >= 15 is 0 Å². The van der Waals surface area contributed by atoms with Gasteiger partial charge in [0.25, 0.3) is 5.91 Å². The van der Waals surface area contributed by atoms with Crippen LogP contribution in [0.25, 0.3) is 0 Å². The topological polar surface area (TPSA) is 120 Å². The van der Waals surface area contributed by atoms with E-state index in [-0.39, 0.29) is 28.3 Å². The first-order chi connectivity index (χ1) is 15.3. The van der Waals surface area contributed by atoms with E-state index in [1.807, 2.05) is 13.8 Å². The Labute approximate surface area is 188 Å². The first-order valence-corrected chi connectivity index (χ1v) is 10.6. The lowest BCUT2D eigenvalue weighted by Gasteiger charge is -2.18. The van der Waals surface area contributed by atoms with Crippen LogP contribution in [0.4, 0.5) is 5.69 Å². The highest BCUT2D eigenvalue weighted by Crippen LogP contribution is 2.39. The number of ether oxygens (including phenoxy) is 1. The number of amides is 1. The van der Waals surface area contributed by atoms with E-state index in [0.717, 1.165) is 12.8 Å². The van der Waals surface area contributed by atoms with Gasteiger partial charge in [-0.2, -0.15) is 4.98 Å². The van der Waals surface area contributed by atoms with Crippen LogP contribution < -0.4 is 10.1 Å². The van der Waals surface area contributed by atoms with Gasteiger partial charge in [0.1, 0.15) is 11.8 Å². The Morgan fingerprint density at radius 3 is 2.59 bits per heavy atom. The molecular formula is C22H21ClN4O5. The molecule has 0 aliphatic heterocycles. The number of benzene rings is 2. The second-order valence-electron chi connectivity index (χ2n) is 7.96. The Kier molecular flexibility index (Phi) is 6.09. The Hall–Kier alpha value is -3.46. The number of carbonyl (C=O) groups excluding carboxylic acids is 1. The molecule has 1 N–H and O–H groups in total. The number of hydrogen-bond acceptors (Lipinski definition) is 7. The summed E-state index contributed by atoms with van der Waals surface area (Å²) in [4.78, 5) is 27.9. The third-order valence-electron chi connectivity index (χ3n) is 5.08. The fourth-order valence-electron chi connectivity index (χ4n) is 3.14. The van der Waals surface area contributed by atoms with E-state index in [0.29, 0.717) is 28.9 Å². The lowest BCUT2D eigenvalue weighted by Crippen LogP contribution is -2.32. The van der Waals surface area contributed by atoms with Crippen LogP contribution in [0.5, 0.6) is 11.5 Å². The fraction of sp³-hybridized carbons (Fsp3) is 0.318. The number of rotatable bonds is 8. The van der Waals surface area contributed by atoms with Crippen LogP contribution in [0, 0.1) is 16.0 Å². The van der Waals surface area contributed by atoms with Gasteiger partial charge in [-0.3, -0.25) is 14.9 Å². The molecule has 0 bridgehead atoms. The number of nitro benzene ring substituents is 1. The second-order valence-corrected chi connectivity index (χ2v) is 8.39. The predicted molar refractivity (Wildman–Crippen MR) is 116 cm³/mol. The Morgan fingerprint density at radius 1 is 1.25 bits per heavy atom. The van der Waals surface area contributed by atoms with E-state index in [1.165, 1.54) is 18.2 Å². The van der Waals surface area contributed by atoms with Gasteiger partial charge in [-0.25, -0.2) is 0 Å². The highest BCUT2D eigenvalue weighted by atomic mass is 35.5. The summed E-state index contributed by atoms with van der Waals surface area (Å²) in [6.45, 7) is 3.92. The zero-order valence-electron chi connectivity index (χ0n) is 17.4. The van der Waals surface area contributed by atoms with Crippen molar-refractivity contribution in [3.63, 3.8) is 0 Å². The van der Waals surface area contributed by atoms with Crippen molar-refractivity contribution in [2.45, 2.75) is 38.6 Å². The Bertz CT molecular complexity index is 1140. The molecule has 1 atom stereocenters. The van der Waals surface area contributed by atoms with Gasteiger partial charge < -0.3 is 14.6 Å². The molecule has 1 saturated carbocycles. The number of nitro groups is 1. The Balaban J connectivity index is 1.46. The number of nitrogens with one attached hydrogen (secondary N) is 1. The van der Waals surface area contributed by atoms with Crippen LogP contribution >= 0.6 is 11.6 Å². The van der Waals surface area contributed by atoms with Crippen molar-refractivity contribution in [1.29, 1.82) is 0 Å². The summed E-state index contributed by atoms with van der Waals surface area (Å²) in [6.07, 6.45) is 2.12. The third-order valence-corrected chi connectivity index (χ3v) is 5.32. The fourth-order valence-corrected chi connectivity index (χ4v) is 3.31. The molecule has 1 aliphatic rings. The zero-order valence-corrected chi connectivity index (χ0v) is 18.2. The molecule has 166 valence electrons. The normalized spacial score (nSPS) is 14.2. The molecule has 0 spiro atoms. The van der Waals surface area contributed by atoms with Crippen molar-refractivity contribution in [3.8, 4) is 11.5 Å². The smallest absolute Gasteiger partial charge is 0.313 e. The highest BCUT2D eigenvalue weighted by molar-refractivity contribution is 6.30. The lowest BCUT2D eigenvalue weighted by molar-refractivity contribution is -0.385. The van der Waals surface area contributed by atoms with Gasteiger partial charge in [0.05, 0.1) is 4.92 Å². The number of carbonyl (C=O) groups is 1. The van der Waals surface area contributed by atoms with Gasteiger partial charge in [-0.05, 0) is 55.2 Å². The van der Waals surface area contributed by atoms with E-state index in [9.17, 15) is 14.9 Å². The molecule has 0 radical (unpaired) electrons. The van der Waals surface area contributed by atoms with Crippen molar-refractivity contribution in [1.82, 2.24) is 15.5 Å². The first-order valence-electron chi connectivity index (χ1n) is 10.2. The minimum absolute atomic E-state index is 0.0412. The van der Waals surface area contributed by atoms with Crippen LogP contribution in [0.15, 0.2) is 47.0 Å². The maximum Gasteiger partial charge on any atom is 0.313 e. The summed E-state index contributed by atoms with van der Waals surface area (Å²) in [5.74, 6) is 1.58. The molecule has 10 heteroatoms. The molecule has 1 fully saturated rings. The minimum atomic E-state index is -0.568. The summed E-state index contributed by atoms with van der Waals surface area (Å²) in [7, 11) is 0. The van der Waals surface area contributed by atoms with Gasteiger partial charge in [-0.1, -0.05) is 30.6 Å². The van der Waals surface area contributed by atoms with Gasteiger partial charge >= 0.3 is 5.69 Å². The molecule has 1 heterocycles. The summed E-state index contributed by atoms with van der Waals surface area (Å²) in [5, 5.41) is 18.4. The van der Waals surface area contributed by atoms with E-state index in [2.05, 4.69) is 15.5 Å². The molecule has 2 aromatic carbocycles. The number of nitrogens with zero attached hydrogens (tertiary/aromatic N) is 3. The maximum atomic E-state index is 12.8. The number of hydrogen-bond donors (Lipinski definition) is 1. The van der Waals surface area contributed by atoms with Gasteiger partial charge in [-0.15, -0.1) is 0 Å². The number of halogens is 1. The zero-order chi connectivity index (χ0) is 22.8. The summed E-state index contributed by atoms with van der Waals surface area (Å²) in [6, 6.07) is 10.0. The van der Waals surface area contributed by atoms with Crippen LogP contribution in [-0.2, 0) is 0 Å². The molecule has 1 amide bonds. The molecule has 4 rings (SSSR count). The standard InChI is InChI=1S/C22H21ClN4O5/c1-12(2)19(22-25-20(26-32-22)13-3-4-13)24-21(28)14-5-8-16(9-6-14)31-18-10-7-15(23)11-17(18)27(29)30/h5-13,19H,3-4H2,1-2H3,(H,24,28). The molecule has 1 aromatic heterocycles. The van der Waals surface area contributed by atoms with Crippen molar-refractivity contribution in [2.75, 3.05) is 0 Å². The molecule has 0 saturated heterocycles. The SMILES string of the molecule is CC(C)C(NC(=O)c1ccc(Oc2ccc(Cl)cc2[N+](=O)[O-])cc1)c1nc(C2CC2)no1. The minimum Gasteiger partial charge on any atom is -0.450 e. The maximum absolute atomic E-state index is 12.8. The van der Waals surface area contributed by atoms with Crippen molar-refractivity contribution in [3.05, 3.63) is 74.9 Å². The highest BCUT2D eigenvalue weighted by Gasteiger charge is 2.31. The largest absolute Gasteiger partial charge is 0.450 e. The molecule has 9 nitrogen and oxygen atoms in total. The van der Waals surface area contributed by atoms with E-state index < -0.39 is 11.0 Å². The quantitative estimate of drug-likeness (QED) is 0.354. The van der Waals surface area contributed by atoms with E-state index in [4.69, 9.17) is 20.9 Å². The first kappa shape index (κ1) is 21.8. The third kappa shape index (κ3) is 4.88.